The molecule has 0 bridgehead atoms. The van der Waals surface area contributed by atoms with E-state index in [0.29, 0.717) is 10.6 Å². The van der Waals surface area contributed by atoms with Gasteiger partial charge in [0.2, 0.25) is 5.89 Å². The Morgan fingerprint density at radius 1 is 1.14 bits per heavy atom. The third-order valence-electron chi connectivity index (χ3n) is 2.94. The molecule has 7 nitrogen and oxygen atoms in total. The summed E-state index contributed by atoms with van der Waals surface area (Å²) in [4.78, 5) is 0. The van der Waals surface area contributed by atoms with Gasteiger partial charge < -0.3 is 19.1 Å². The molecule has 3 aromatic rings. The normalized spacial score (nSPS) is 10.4. The number of methoxy groups -OCH3 is 1. The second kappa shape index (κ2) is 6.13. The highest BCUT2D eigenvalue weighted by Crippen LogP contribution is 2.21. The SMILES string of the molecule is COc1ccc(-c2nnc(COc3cccc[n+]3[O-])o2)cc1. The van der Waals surface area contributed by atoms with Crippen molar-refractivity contribution in [2.24, 2.45) is 0 Å². The minimum absolute atomic E-state index is 0.0232. The molecule has 0 amide bonds. The first-order valence-corrected chi connectivity index (χ1v) is 6.54. The first kappa shape index (κ1) is 13.9. The fourth-order valence-corrected chi connectivity index (χ4v) is 1.82. The van der Waals surface area contributed by atoms with Crippen molar-refractivity contribution in [3.63, 3.8) is 0 Å². The van der Waals surface area contributed by atoms with E-state index in [0.717, 1.165) is 11.3 Å². The average molecular weight is 299 g/mol. The van der Waals surface area contributed by atoms with Crippen LogP contribution in [-0.4, -0.2) is 17.3 Å². The molecule has 0 aliphatic carbocycles. The molecule has 2 heterocycles. The van der Waals surface area contributed by atoms with Gasteiger partial charge in [0.25, 0.3) is 5.89 Å². The van der Waals surface area contributed by atoms with Gasteiger partial charge in [-0.3, -0.25) is 0 Å². The molecule has 112 valence electrons. The second-order valence-corrected chi connectivity index (χ2v) is 4.38. The van der Waals surface area contributed by atoms with Crippen LogP contribution >= 0.6 is 0 Å². The molecule has 0 spiro atoms. The highest BCUT2D eigenvalue weighted by atomic mass is 16.6. The van der Waals surface area contributed by atoms with Crippen LogP contribution < -0.4 is 14.2 Å². The molecule has 2 aromatic heterocycles. The van der Waals surface area contributed by atoms with Gasteiger partial charge in [-0.15, -0.1) is 14.9 Å². The summed E-state index contributed by atoms with van der Waals surface area (Å²) in [5.41, 5.74) is 0.776. The third kappa shape index (κ3) is 2.98. The largest absolute Gasteiger partial charge is 0.616 e. The Morgan fingerprint density at radius 3 is 2.68 bits per heavy atom. The van der Waals surface area contributed by atoms with Crippen LogP contribution in [0.4, 0.5) is 0 Å². The van der Waals surface area contributed by atoms with E-state index >= 15 is 0 Å². The molecule has 1 aromatic carbocycles. The summed E-state index contributed by atoms with van der Waals surface area (Å²) in [6.45, 7) is 0.0232. The van der Waals surface area contributed by atoms with E-state index in [2.05, 4.69) is 10.2 Å². The van der Waals surface area contributed by atoms with Gasteiger partial charge in [-0.2, -0.15) is 0 Å². The van der Waals surface area contributed by atoms with Gasteiger partial charge in [0.05, 0.1) is 13.2 Å². The van der Waals surface area contributed by atoms with Crippen molar-refractivity contribution in [1.82, 2.24) is 10.2 Å². The average Bonchev–Trinajstić information content (AvgIpc) is 3.03. The zero-order chi connectivity index (χ0) is 15.4. The van der Waals surface area contributed by atoms with Crippen LogP contribution in [0.15, 0.2) is 53.1 Å². The maximum atomic E-state index is 11.4. The number of hydrogen-bond donors (Lipinski definition) is 0. The lowest BCUT2D eigenvalue weighted by molar-refractivity contribution is -0.613. The lowest BCUT2D eigenvalue weighted by atomic mass is 10.2. The quantitative estimate of drug-likeness (QED) is 0.529. The van der Waals surface area contributed by atoms with Crippen molar-refractivity contribution < 1.29 is 18.6 Å². The number of ether oxygens (including phenoxy) is 2. The van der Waals surface area contributed by atoms with Crippen molar-refractivity contribution in [2.75, 3.05) is 7.11 Å². The Morgan fingerprint density at radius 2 is 1.95 bits per heavy atom. The number of benzene rings is 1. The van der Waals surface area contributed by atoms with Gasteiger partial charge in [-0.1, -0.05) is 0 Å². The monoisotopic (exact) mass is 299 g/mol. The summed E-state index contributed by atoms with van der Waals surface area (Å²) in [7, 11) is 1.60. The van der Waals surface area contributed by atoms with Crippen molar-refractivity contribution >= 4 is 0 Å². The Balaban J connectivity index is 1.69. The van der Waals surface area contributed by atoms with E-state index < -0.39 is 0 Å². The van der Waals surface area contributed by atoms with Crippen LogP contribution in [0.2, 0.25) is 0 Å². The number of pyridine rings is 1. The van der Waals surface area contributed by atoms with Crippen LogP contribution in [0.1, 0.15) is 5.89 Å². The molecule has 7 heteroatoms. The molecule has 0 unspecified atom stereocenters. The smallest absolute Gasteiger partial charge is 0.379 e. The number of rotatable bonds is 5. The number of hydrogen-bond acceptors (Lipinski definition) is 6. The van der Waals surface area contributed by atoms with Crippen molar-refractivity contribution in [3.05, 3.63) is 59.8 Å². The van der Waals surface area contributed by atoms with E-state index in [9.17, 15) is 5.21 Å². The van der Waals surface area contributed by atoms with Crippen LogP contribution in [0.5, 0.6) is 11.6 Å². The Hall–Kier alpha value is -3.09. The highest BCUT2D eigenvalue weighted by molar-refractivity contribution is 5.53. The van der Waals surface area contributed by atoms with E-state index in [-0.39, 0.29) is 18.4 Å². The van der Waals surface area contributed by atoms with Gasteiger partial charge in [0, 0.05) is 11.6 Å². The van der Waals surface area contributed by atoms with Crippen LogP contribution in [0, 0.1) is 5.21 Å². The fraction of sp³-hybridized carbons (Fsp3) is 0.133. The first-order valence-electron chi connectivity index (χ1n) is 6.54. The van der Waals surface area contributed by atoms with E-state index in [1.165, 1.54) is 6.20 Å². The van der Waals surface area contributed by atoms with Crippen molar-refractivity contribution in [2.45, 2.75) is 6.61 Å². The third-order valence-corrected chi connectivity index (χ3v) is 2.94. The molecule has 0 fully saturated rings. The Bertz CT molecular complexity index is 755. The standard InChI is InChI=1S/C15H13N3O4/c1-20-12-7-5-11(6-8-12)15-17-16-13(22-15)10-21-14-4-2-3-9-18(14)19/h2-9H,10H2,1H3. The van der Waals surface area contributed by atoms with E-state index in [1.54, 1.807) is 37.4 Å². The molecule has 3 rings (SSSR count). The van der Waals surface area contributed by atoms with Crippen molar-refractivity contribution in [3.8, 4) is 23.1 Å². The molecule has 0 aliphatic heterocycles. The topological polar surface area (TPSA) is 84.3 Å². The predicted molar refractivity (Wildman–Crippen MR) is 76.0 cm³/mol. The fourth-order valence-electron chi connectivity index (χ4n) is 1.82. The molecule has 0 saturated carbocycles. The minimum Gasteiger partial charge on any atom is -0.616 e. The summed E-state index contributed by atoms with van der Waals surface area (Å²) >= 11 is 0. The van der Waals surface area contributed by atoms with E-state index in [4.69, 9.17) is 13.9 Å². The summed E-state index contributed by atoms with van der Waals surface area (Å²) in [5.74, 6) is 1.58. The van der Waals surface area contributed by atoms with E-state index in [1.807, 2.05) is 12.1 Å². The Kier molecular flexibility index (Phi) is 3.86. The Labute approximate surface area is 126 Å². The van der Waals surface area contributed by atoms with Crippen LogP contribution in [0.25, 0.3) is 11.5 Å². The lowest BCUT2D eigenvalue weighted by Crippen LogP contribution is -2.27. The lowest BCUT2D eigenvalue weighted by Gasteiger charge is -2.03. The number of aromatic nitrogens is 3. The highest BCUT2D eigenvalue weighted by Gasteiger charge is 2.11. The summed E-state index contributed by atoms with van der Waals surface area (Å²) in [6, 6.07) is 12.1. The second-order valence-electron chi connectivity index (χ2n) is 4.38. The molecule has 0 N–H and O–H groups in total. The van der Waals surface area contributed by atoms with Crippen LogP contribution in [0.3, 0.4) is 0 Å². The molecule has 0 saturated heterocycles. The number of nitrogens with zero attached hydrogens (tertiary/aromatic N) is 3. The molecule has 0 radical (unpaired) electrons. The van der Waals surface area contributed by atoms with Crippen molar-refractivity contribution in [1.29, 1.82) is 0 Å². The van der Waals surface area contributed by atoms with Gasteiger partial charge >= 0.3 is 5.88 Å². The molecular formula is C15H13N3O4. The van der Waals surface area contributed by atoms with Gasteiger partial charge in [0.15, 0.2) is 12.8 Å². The van der Waals surface area contributed by atoms with Gasteiger partial charge in [-0.25, -0.2) is 0 Å². The summed E-state index contributed by atoms with van der Waals surface area (Å²) < 4.78 is 16.6. The molecule has 22 heavy (non-hydrogen) atoms. The zero-order valence-corrected chi connectivity index (χ0v) is 11.8. The van der Waals surface area contributed by atoms with Crippen LogP contribution in [-0.2, 0) is 6.61 Å². The maximum absolute atomic E-state index is 11.4. The molecular weight excluding hydrogens is 286 g/mol. The zero-order valence-electron chi connectivity index (χ0n) is 11.8. The maximum Gasteiger partial charge on any atom is 0.379 e. The van der Waals surface area contributed by atoms with Gasteiger partial charge in [0.1, 0.15) is 5.75 Å². The van der Waals surface area contributed by atoms with Gasteiger partial charge in [-0.05, 0) is 30.3 Å². The summed E-state index contributed by atoms with van der Waals surface area (Å²) in [5, 5.41) is 19.3. The minimum atomic E-state index is 0.0232. The molecule has 0 aliphatic rings. The molecule has 0 atom stereocenters. The first-order chi connectivity index (χ1) is 10.8. The predicted octanol–water partition coefficient (Wildman–Crippen LogP) is 1.96. The summed E-state index contributed by atoms with van der Waals surface area (Å²) in [6.07, 6.45) is 1.35.